The van der Waals surface area contributed by atoms with Crippen LogP contribution in [-0.2, 0) is 16.0 Å². The molecule has 0 bridgehead atoms. The molecule has 4 rings (SSSR count). The van der Waals surface area contributed by atoms with E-state index in [1.165, 1.54) is 4.90 Å². The first-order valence-electron chi connectivity index (χ1n) is 12.2. The molecule has 186 valence electrons. The maximum atomic E-state index is 13.1. The van der Waals surface area contributed by atoms with Crippen molar-refractivity contribution in [2.75, 3.05) is 44.7 Å². The van der Waals surface area contributed by atoms with Gasteiger partial charge in [-0.05, 0) is 56.4 Å². The maximum Gasteiger partial charge on any atom is 0.326 e. The van der Waals surface area contributed by atoms with Crippen molar-refractivity contribution in [3.63, 3.8) is 0 Å². The van der Waals surface area contributed by atoms with Crippen LogP contribution >= 0.6 is 0 Å². The topological polar surface area (TPSA) is 85.0 Å². The average Bonchev–Trinajstić information content (AvgIpc) is 3.06. The predicted molar refractivity (Wildman–Crippen MR) is 136 cm³/mol. The Morgan fingerprint density at radius 1 is 0.971 bits per heavy atom. The normalized spacial score (nSPS) is 21.3. The number of benzene rings is 2. The summed E-state index contributed by atoms with van der Waals surface area (Å²) in [6.45, 7) is 9.22. The molecule has 2 heterocycles. The van der Waals surface area contributed by atoms with E-state index in [0.29, 0.717) is 39.1 Å². The summed E-state index contributed by atoms with van der Waals surface area (Å²) in [6, 6.07) is 15.5. The second-order valence-electron chi connectivity index (χ2n) is 9.81. The van der Waals surface area contributed by atoms with Crippen molar-refractivity contribution in [2.45, 2.75) is 39.2 Å². The van der Waals surface area contributed by atoms with E-state index in [0.717, 1.165) is 28.8 Å². The van der Waals surface area contributed by atoms with E-state index >= 15 is 0 Å². The van der Waals surface area contributed by atoms with Gasteiger partial charge >= 0.3 is 6.03 Å². The minimum absolute atomic E-state index is 0.0320. The highest BCUT2D eigenvalue weighted by atomic mass is 16.2. The van der Waals surface area contributed by atoms with Crippen LogP contribution in [0.2, 0.25) is 0 Å². The second-order valence-corrected chi connectivity index (χ2v) is 9.81. The molecule has 2 N–H and O–H groups in total. The molecule has 35 heavy (non-hydrogen) atoms. The van der Waals surface area contributed by atoms with Gasteiger partial charge in [0.05, 0.1) is 13.2 Å². The highest BCUT2D eigenvalue weighted by Gasteiger charge is 2.47. The number of carbonyl (C=O) groups excluding carboxylic acids is 3. The third-order valence-electron chi connectivity index (χ3n) is 7.15. The third kappa shape index (κ3) is 5.89. The van der Waals surface area contributed by atoms with Crippen molar-refractivity contribution in [3.05, 3.63) is 65.2 Å². The van der Waals surface area contributed by atoms with E-state index in [1.54, 1.807) is 0 Å². The molecule has 0 aliphatic carbocycles. The van der Waals surface area contributed by atoms with Gasteiger partial charge in [-0.15, -0.1) is 0 Å². The second kappa shape index (κ2) is 10.6. The quantitative estimate of drug-likeness (QED) is 0.571. The molecule has 0 unspecified atom stereocenters. The summed E-state index contributed by atoms with van der Waals surface area (Å²) in [5.41, 5.74) is 3.33. The molecular formula is C27H35N5O3. The monoisotopic (exact) mass is 477 g/mol. The van der Waals surface area contributed by atoms with Crippen LogP contribution in [0.15, 0.2) is 48.5 Å². The van der Waals surface area contributed by atoms with E-state index in [1.807, 2.05) is 69.3 Å². The Morgan fingerprint density at radius 2 is 1.66 bits per heavy atom. The van der Waals surface area contributed by atoms with Crippen LogP contribution < -0.4 is 10.6 Å². The zero-order valence-electron chi connectivity index (χ0n) is 20.8. The standard InChI is InChI=1S/C27H35N5O3/c1-20-8-7-11-23(21(20)2)28-24(33)18-30-14-16-31(17-15-30)19-32-25(34)27(3,29-26(32)35)13-12-22-9-5-4-6-10-22/h4-11H,12-19H2,1-3H3,(H,28,33)(H,29,35)/t27-/m1/s1. The molecule has 2 aromatic carbocycles. The summed E-state index contributed by atoms with van der Waals surface area (Å²) in [5.74, 6) is -0.204. The average molecular weight is 478 g/mol. The van der Waals surface area contributed by atoms with Gasteiger partial charge in [-0.2, -0.15) is 0 Å². The Balaban J connectivity index is 1.24. The van der Waals surface area contributed by atoms with E-state index in [-0.39, 0.29) is 24.5 Å². The number of hydrogen-bond acceptors (Lipinski definition) is 5. The lowest BCUT2D eigenvalue weighted by atomic mass is 9.93. The molecule has 2 aliphatic heterocycles. The number of amides is 4. The van der Waals surface area contributed by atoms with Crippen LogP contribution in [0.1, 0.15) is 30.0 Å². The molecule has 8 heteroatoms. The lowest BCUT2D eigenvalue weighted by Gasteiger charge is -2.35. The molecule has 2 aromatic rings. The number of imide groups is 1. The van der Waals surface area contributed by atoms with Crippen molar-refractivity contribution < 1.29 is 14.4 Å². The molecule has 4 amide bonds. The Labute approximate surface area is 207 Å². The van der Waals surface area contributed by atoms with Crippen molar-refractivity contribution >= 4 is 23.5 Å². The van der Waals surface area contributed by atoms with Gasteiger partial charge in [0.2, 0.25) is 5.91 Å². The number of hydrogen-bond donors (Lipinski definition) is 2. The van der Waals surface area contributed by atoms with Crippen LogP contribution in [0, 0.1) is 13.8 Å². The number of nitrogens with zero attached hydrogens (tertiary/aromatic N) is 3. The molecule has 2 aliphatic rings. The fourth-order valence-electron chi connectivity index (χ4n) is 4.65. The van der Waals surface area contributed by atoms with Gasteiger partial charge in [0.15, 0.2) is 0 Å². The summed E-state index contributed by atoms with van der Waals surface area (Å²) in [4.78, 5) is 43.8. The van der Waals surface area contributed by atoms with Crippen molar-refractivity contribution in [1.82, 2.24) is 20.0 Å². The molecule has 2 fully saturated rings. The van der Waals surface area contributed by atoms with Crippen molar-refractivity contribution in [1.29, 1.82) is 0 Å². The molecule has 0 radical (unpaired) electrons. The number of urea groups is 1. The van der Waals surface area contributed by atoms with E-state index in [2.05, 4.69) is 20.4 Å². The summed E-state index contributed by atoms with van der Waals surface area (Å²) in [6.07, 6.45) is 1.28. The van der Waals surface area contributed by atoms with E-state index in [9.17, 15) is 14.4 Å². The maximum absolute atomic E-state index is 13.1. The minimum atomic E-state index is -0.888. The first-order chi connectivity index (χ1) is 16.7. The van der Waals surface area contributed by atoms with Crippen LogP contribution in [-0.4, -0.2) is 77.5 Å². The Hall–Kier alpha value is -3.23. The number of nitrogens with one attached hydrogen (secondary N) is 2. The van der Waals surface area contributed by atoms with Crippen LogP contribution in [0.25, 0.3) is 0 Å². The smallest absolute Gasteiger partial charge is 0.325 e. The fraction of sp³-hybridized carbons (Fsp3) is 0.444. The Morgan fingerprint density at radius 3 is 2.37 bits per heavy atom. The summed E-state index contributed by atoms with van der Waals surface area (Å²) in [7, 11) is 0. The van der Waals surface area contributed by atoms with Gasteiger partial charge in [0.1, 0.15) is 5.54 Å². The van der Waals surface area contributed by atoms with Gasteiger partial charge < -0.3 is 10.6 Å². The molecule has 2 saturated heterocycles. The van der Waals surface area contributed by atoms with Crippen molar-refractivity contribution in [3.8, 4) is 0 Å². The van der Waals surface area contributed by atoms with Crippen LogP contribution in [0.3, 0.4) is 0 Å². The highest BCUT2D eigenvalue weighted by Crippen LogP contribution is 2.24. The SMILES string of the molecule is Cc1cccc(NC(=O)CN2CCN(CN3C(=O)N[C@](C)(CCc4ccccc4)C3=O)CC2)c1C. The molecular weight excluding hydrogens is 442 g/mol. The molecule has 0 aromatic heterocycles. The van der Waals surface area contributed by atoms with E-state index < -0.39 is 5.54 Å². The summed E-state index contributed by atoms with van der Waals surface area (Å²) >= 11 is 0. The van der Waals surface area contributed by atoms with Crippen LogP contribution in [0.5, 0.6) is 0 Å². The number of aryl methyl sites for hydroxylation is 2. The van der Waals surface area contributed by atoms with Gasteiger partial charge in [-0.25, -0.2) is 9.69 Å². The third-order valence-corrected chi connectivity index (χ3v) is 7.15. The first-order valence-corrected chi connectivity index (χ1v) is 12.2. The van der Waals surface area contributed by atoms with Gasteiger partial charge in [0, 0.05) is 31.9 Å². The lowest BCUT2D eigenvalue weighted by Crippen LogP contribution is -2.52. The summed E-state index contributed by atoms with van der Waals surface area (Å²) in [5, 5.41) is 5.92. The molecule has 0 spiro atoms. The highest BCUT2D eigenvalue weighted by molar-refractivity contribution is 6.06. The minimum Gasteiger partial charge on any atom is -0.325 e. The Bertz CT molecular complexity index is 1080. The van der Waals surface area contributed by atoms with Gasteiger partial charge in [-0.1, -0.05) is 42.5 Å². The number of rotatable bonds is 8. The largest absolute Gasteiger partial charge is 0.326 e. The zero-order valence-corrected chi connectivity index (χ0v) is 20.8. The molecule has 0 saturated carbocycles. The number of carbonyl (C=O) groups is 3. The zero-order chi connectivity index (χ0) is 25.0. The lowest BCUT2D eigenvalue weighted by molar-refractivity contribution is -0.132. The number of piperazine rings is 1. The van der Waals surface area contributed by atoms with Crippen LogP contribution in [0.4, 0.5) is 10.5 Å². The first kappa shape index (κ1) is 24.9. The van der Waals surface area contributed by atoms with Gasteiger partial charge in [-0.3, -0.25) is 19.4 Å². The fourth-order valence-corrected chi connectivity index (χ4v) is 4.65. The Kier molecular flexibility index (Phi) is 7.52. The van der Waals surface area contributed by atoms with Gasteiger partial charge in [0.25, 0.3) is 5.91 Å². The summed E-state index contributed by atoms with van der Waals surface area (Å²) < 4.78 is 0. The predicted octanol–water partition coefficient (Wildman–Crippen LogP) is 2.76. The number of anilines is 1. The molecule has 8 nitrogen and oxygen atoms in total. The van der Waals surface area contributed by atoms with E-state index in [4.69, 9.17) is 0 Å². The molecule has 1 atom stereocenters. The van der Waals surface area contributed by atoms with Crippen molar-refractivity contribution in [2.24, 2.45) is 0 Å².